The molecule has 2 atom stereocenters. The lowest BCUT2D eigenvalue weighted by Crippen LogP contribution is -2.22. The quantitative estimate of drug-likeness (QED) is 0.812. The van der Waals surface area contributed by atoms with Crippen LogP contribution in [0.3, 0.4) is 0 Å². The summed E-state index contributed by atoms with van der Waals surface area (Å²) in [6.45, 7) is 5.70. The van der Waals surface area contributed by atoms with Gasteiger partial charge in [0.05, 0.1) is 10.3 Å². The van der Waals surface area contributed by atoms with Crippen LogP contribution in [0.5, 0.6) is 0 Å². The number of carboxylic acids is 1. The van der Waals surface area contributed by atoms with E-state index in [2.05, 4.69) is 4.40 Å². The molecule has 116 valence electrons. The van der Waals surface area contributed by atoms with Crippen LogP contribution in [0.15, 0.2) is 27.2 Å². The summed E-state index contributed by atoms with van der Waals surface area (Å²) in [4.78, 5) is 11.3. The summed E-state index contributed by atoms with van der Waals surface area (Å²) in [6.07, 6.45) is 8.05. The Morgan fingerprint density at radius 1 is 1.43 bits per heavy atom. The van der Waals surface area contributed by atoms with Crippen molar-refractivity contribution in [2.24, 2.45) is 10.3 Å². The minimum Gasteiger partial charge on any atom is -0.478 e. The first-order valence-electron chi connectivity index (χ1n) is 7.42. The van der Waals surface area contributed by atoms with Crippen LogP contribution >= 0.6 is 0 Å². The van der Waals surface area contributed by atoms with Crippen LogP contribution in [-0.2, 0) is 15.8 Å². The molecule has 0 aromatic carbocycles. The van der Waals surface area contributed by atoms with E-state index in [0.717, 1.165) is 37.7 Å². The van der Waals surface area contributed by atoms with Crippen LogP contribution in [0, 0.1) is 5.92 Å². The van der Waals surface area contributed by atoms with E-state index in [1.165, 1.54) is 5.57 Å². The summed E-state index contributed by atoms with van der Waals surface area (Å²) in [7, 11) is -1.25. The zero-order chi connectivity index (χ0) is 15.6. The Labute approximate surface area is 128 Å². The van der Waals surface area contributed by atoms with Crippen molar-refractivity contribution in [1.29, 1.82) is 0 Å². The fourth-order valence-electron chi connectivity index (χ4n) is 2.86. The maximum Gasteiger partial charge on any atom is 0.335 e. The predicted molar refractivity (Wildman–Crippen MR) is 85.7 cm³/mol. The standard InChI is InChI=1S/C16H23NO3S/c1-16(2,3)21(20)17-10-11-6-4-8-13-12(11)7-5-9-14(13)15(18)19/h9-11H,4-8H2,1-3H3,(H,18,19)/t11?,21-/m1/s1. The Balaban J connectivity index is 2.24. The first kappa shape index (κ1) is 16.1. The average Bonchev–Trinajstić information content (AvgIpc) is 2.42. The summed E-state index contributed by atoms with van der Waals surface area (Å²) in [5, 5.41) is 9.30. The normalized spacial score (nSPS) is 24.7. The average molecular weight is 309 g/mol. The molecule has 0 aromatic heterocycles. The van der Waals surface area contributed by atoms with Crippen molar-refractivity contribution in [1.82, 2.24) is 0 Å². The molecule has 0 amide bonds. The molecule has 0 aliphatic heterocycles. The lowest BCUT2D eigenvalue weighted by atomic mass is 9.76. The lowest BCUT2D eigenvalue weighted by Gasteiger charge is -2.29. The van der Waals surface area contributed by atoms with Crippen molar-refractivity contribution in [2.45, 2.75) is 57.6 Å². The number of carboxylic acid groups (broad SMARTS) is 1. The molecule has 0 heterocycles. The maximum atomic E-state index is 12.0. The Bertz CT molecular complexity index is 552. The van der Waals surface area contributed by atoms with E-state index in [4.69, 9.17) is 0 Å². The molecule has 1 N–H and O–H groups in total. The number of aliphatic carboxylic acids is 1. The van der Waals surface area contributed by atoms with Crippen LogP contribution in [0.25, 0.3) is 0 Å². The molecule has 21 heavy (non-hydrogen) atoms. The van der Waals surface area contributed by atoms with Gasteiger partial charge in [-0.05, 0) is 58.4 Å². The monoisotopic (exact) mass is 309 g/mol. The number of nitrogens with zero attached hydrogens (tertiary/aromatic N) is 1. The molecule has 0 saturated heterocycles. The van der Waals surface area contributed by atoms with Crippen LogP contribution in [0.2, 0.25) is 0 Å². The molecule has 1 unspecified atom stereocenters. The van der Waals surface area contributed by atoms with Crippen LogP contribution < -0.4 is 0 Å². The number of carbonyl (C=O) groups is 1. The molecule has 2 aliphatic carbocycles. The van der Waals surface area contributed by atoms with E-state index in [-0.39, 0.29) is 10.7 Å². The number of hydrogen-bond donors (Lipinski definition) is 1. The Kier molecular flexibility index (Phi) is 4.81. The van der Waals surface area contributed by atoms with Gasteiger partial charge in [0.2, 0.25) is 0 Å². The highest BCUT2D eigenvalue weighted by atomic mass is 32.2. The molecule has 0 bridgehead atoms. The minimum atomic E-state index is -1.25. The van der Waals surface area contributed by atoms with E-state index in [1.54, 1.807) is 6.21 Å². The predicted octanol–water partition coefficient (Wildman–Crippen LogP) is 3.42. The number of allylic oxidation sites excluding steroid dienone is 2. The molecular formula is C16H23NO3S. The van der Waals surface area contributed by atoms with Crippen molar-refractivity contribution >= 4 is 23.2 Å². The van der Waals surface area contributed by atoms with Gasteiger partial charge in [-0.3, -0.25) is 0 Å². The van der Waals surface area contributed by atoms with Gasteiger partial charge >= 0.3 is 5.97 Å². The zero-order valence-electron chi connectivity index (χ0n) is 12.9. The van der Waals surface area contributed by atoms with E-state index in [9.17, 15) is 14.1 Å². The fraction of sp³-hybridized carbons (Fsp3) is 0.625. The highest BCUT2D eigenvalue weighted by Gasteiger charge is 2.28. The Morgan fingerprint density at radius 2 is 2.14 bits per heavy atom. The summed E-state index contributed by atoms with van der Waals surface area (Å²) >= 11 is 0. The van der Waals surface area contributed by atoms with Gasteiger partial charge in [0, 0.05) is 12.1 Å². The van der Waals surface area contributed by atoms with Gasteiger partial charge in [-0.15, -0.1) is 0 Å². The van der Waals surface area contributed by atoms with Crippen molar-refractivity contribution in [2.75, 3.05) is 0 Å². The van der Waals surface area contributed by atoms with Crippen molar-refractivity contribution in [3.05, 3.63) is 22.8 Å². The molecule has 0 aromatic rings. The number of hydrogen-bond acceptors (Lipinski definition) is 2. The molecule has 0 fully saturated rings. The highest BCUT2D eigenvalue weighted by molar-refractivity contribution is 7.85. The summed E-state index contributed by atoms with van der Waals surface area (Å²) in [5.74, 6) is -0.693. The largest absolute Gasteiger partial charge is 0.478 e. The molecule has 2 aliphatic rings. The van der Waals surface area contributed by atoms with Crippen molar-refractivity contribution in [3.8, 4) is 0 Å². The minimum absolute atomic E-state index is 0.142. The molecular weight excluding hydrogens is 286 g/mol. The molecule has 0 spiro atoms. The third-order valence-electron chi connectivity index (χ3n) is 3.96. The topological polar surface area (TPSA) is 66.7 Å². The van der Waals surface area contributed by atoms with E-state index in [0.29, 0.717) is 5.57 Å². The molecule has 2 rings (SSSR count). The third kappa shape index (κ3) is 3.70. The van der Waals surface area contributed by atoms with E-state index in [1.807, 2.05) is 26.8 Å². The smallest absolute Gasteiger partial charge is 0.335 e. The van der Waals surface area contributed by atoms with Gasteiger partial charge in [-0.25, -0.2) is 9.00 Å². The maximum absolute atomic E-state index is 12.0. The van der Waals surface area contributed by atoms with Crippen molar-refractivity contribution < 1.29 is 14.1 Å². The Morgan fingerprint density at radius 3 is 2.76 bits per heavy atom. The first-order chi connectivity index (χ1) is 9.80. The van der Waals surface area contributed by atoms with Gasteiger partial charge in [0.1, 0.15) is 11.0 Å². The van der Waals surface area contributed by atoms with Gasteiger partial charge in [0.15, 0.2) is 0 Å². The highest BCUT2D eigenvalue weighted by Crippen LogP contribution is 2.39. The van der Waals surface area contributed by atoms with Gasteiger partial charge in [-0.1, -0.05) is 11.6 Å². The van der Waals surface area contributed by atoms with Crippen LogP contribution in [-0.4, -0.2) is 26.2 Å². The van der Waals surface area contributed by atoms with Crippen molar-refractivity contribution in [3.63, 3.8) is 0 Å². The second-order valence-electron chi connectivity index (χ2n) is 6.58. The van der Waals surface area contributed by atoms with Crippen LogP contribution in [0.1, 0.15) is 52.9 Å². The second kappa shape index (κ2) is 6.26. The van der Waals surface area contributed by atoms with Gasteiger partial charge in [-0.2, -0.15) is 4.40 Å². The molecule has 4 nitrogen and oxygen atoms in total. The van der Waals surface area contributed by atoms with Crippen LogP contribution in [0.4, 0.5) is 0 Å². The third-order valence-corrected chi connectivity index (χ3v) is 5.32. The van der Waals surface area contributed by atoms with Gasteiger partial charge in [0.25, 0.3) is 0 Å². The summed E-state index contributed by atoms with van der Waals surface area (Å²) in [6, 6.07) is 0. The molecule has 0 saturated carbocycles. The van der Waals surface area contributed by atoms with E-state index >= 15 is 0 Å². The first-order valence-corrected chi connectivity index (χ1v) is 8.53. The second-order valence-corrected chi connectivity index (χ2v) is 8.51. The molecule has 5 heteroatoms. The fourth-order valence-corrected chi connectivity index (χ4v) is 3.44. The lowest BCUT2D eigenvalue weighted by molar-refractivity contribution is -0.132. The zero-order valence-corrected chi connectivity index (χ0v) is 13.7. The SMILES string of the molecule is CC(C)(C)[S@@](=O)N=CC1CCCC2=C1CCC=C2C(=O)O. The summed E-state index contributed by atoms with van der Waals surface area (Å²) in [5.41, 5.74) is 2.64. The summed E-state index contributed by atoms with van der Waals surface area (Å²) < 4.78 is 15.9. The molecule has 0 radical (unpaired) electrons. The Hall–Kier alpha value is -1.23. The number of rotatable bonds is 3. The van der Waals surface area contributed by atoms with E-state index < -0.39 is 17.0 Å². The van der Waals surface area contributed by atoms with Gasteiger partial charge < -0.3 is 5.11 Å².